The van der Waals surface area contributed by atoms with Crippen molar-refractivity contribution in [1.82, 2.24) is 0 Å². The fraction of sp³-hybridized carbons (Fsp3) is 0.562. The van der Waals surface area contributed by atoms with Crippen molar-refractivity contribution >= 4 is 11.7 Å². The van der Waals surface area contributed by atoms with Crippen LogP contribution >= 0.6 is 0 Å². The average molecular weight is 293 g/mol. The van der Waals surface area contributed by atoms with E-state index in [9.17, 15) is 4.79 Å². The molecule has 5 nitrogen and oxygen atoms in total. The SMILES string of the molecule is COc1ccc(N2CCOCC2)cc1C(C)(C)CC(=O)O. The fourth-order valence-electron chi connectivity index (χ4n) is 2.72. The Balaban J connectivity index is 2.35. The third kappa shape index (κ3) is 3.67. The first kappa shape index (κ1) is 15.6. The van der Waals surface area contributed by atoms with Crippen molar-refractivity contribution in [3.63, 3.8) is 0 Å². The Morgan fingerprint density at radius 2 is 2.05 bits per heavy atom. The van der Waals surface area contributed by atoms with Gasteiger partial charge in [-0.15, -0.1) is 0 Å². The molecular weight excluding hydrogens is 270 g/mol. The first-order valence-electron chi connectivity index (χ1n) is 7.17. The van der Waals surface area contributed by atoms with Crippen LogP contribution in [0.1, 0.15) is 25.8 Å². The van der Waals surface area contributed by atoms with Crippen LogP contribution in [0.25, 0.3) is 0 Å². The topological polar surface area (TPSA) is 59.0 Å². The van der Waals surface area contributed by atoms with E-state index < -0.39 is 11.4 Å². The van der Waals surface area contributed by atoms with Crippen molar-refractivity contribution in [2.45, 2.75) is 25.7 Å². The molecule has 1 N–H and O–H groups in total. The maximum Gasteiger partial charge on any atom is 0.304 e. The van der Waals surface area contributed by atoms with E-state index in [0.717, 1.165) is 43.3 Å². The molecule has 1 saturated heterocycles. The maximum absolute atomic E-state index is 11.1. The van der Waals surface area contributed by atoms with Gasteiger partial charge in [0.25, 0.3) is 0 Å². The third-order valence-electron chi connectivity index (χ3n) is 3.88. The van der Waals surface area contributed by atoms with Gasteiger partial charge in [0.05, 0.1) is 26.7 Å². The number of hydrogen-bond donors (Lipinski definition) is 1. The number of carboxylic acids is 1. The molecule has 21 heavy (non-hydrogen) atoms. The van der Waals surface area contributed by atoms with E-state index in [1.165, 1.54) is 0 Å². The van der Waals surface area contributed by atoms with Gasteiger partial charge in [-0.05, 0) is 18.2 Å². The van der Waals surface area contributed by atoms with E-state index in [1.807, 2.05) is 32.0 Å². The van der Waals surface area contributed by atoms with Crippen LogP contribution in [-0.2, 0) is 14.9 Å². The van der Waals surface area contributed by atoms with Crippen molar-refractivity contribution in [3.8, 4) is 5.75 Å². The number of aliphatic carboxylic acids is 1. The highest BCUT2D eigenvalue weighted by Crippen LogP contribution is 2.37. The molecule has 1 fully saturated rings. The minimum atomic E-state index is -0.807. The van der Waals surface area contributed by atoms with Gasteiger partial charge in [-0.2, -0.15) is 0 Å². The first-order chi connectivity index (χ1) is 9.94. The first-order valence-corrected chi connectivity index (χ1v) is 7.17. The number of ether oxygens (including phenoxy) is 2. The number of carboxylic acid groups (broad SMARTS) is 1. The van der Waals surface area contributed by atoms with Gasteiger partial charge in [0.15, 0.2) is 0 Å². The van der Waals surface area contributed by atoms with Gasteiger partial charge in [0, 0.05) is 29.8 Å². The molecule has 0 unspecified atom stereocenters. The van der Waals surface area contributed by atoms with E-state index in [0.29, 0.717) is 0 Å². The molecule has 116 valence electrons. The molecular formula is C16H23NO4. The predicted molar refractivity (Wildman–Crippen MR) is 81.3 cm³/mol. The normalized spacial score (nSPS) is 15.9. The van der Waals surface area contributed by atoms with Gasteiger partial charge in [-0.25, -0.2) is 0 Å². The molecule has 2 rings (SSSR count). The quantitative estimate of drug-likeness (QED) is 0.902. The number of nitrogens with zero attached hydrogens (tertiary/aromatic N) is 1. The third-order valence-corrected chi connectivity index (χ3v) is 3.88. The Morgan fingerprint density at radius 1 is 1.38 bits per heavy atom. The summed E-state index contributed by atoms with van der Waals surface area (Å²) < 4.78 is 10.8. The summed E-state index contributed by atoms with van der Waals surface area (Å²) in [6.07, 6.45) is 0.0654. The summed E-state index contributed by atoms with van der Waals surface area (Å²) in [4.78, 5) is 13.4. The molecule has 0 radical (unpaired) electrons. The molecule has 0 amide bonds. The van der Waals surface area contributed by atoms with Crippen LogP contribution in [0.4, 0.5) is 5.69 Å². The molecule has 0 bridgehead atoms. The monoisotopic (exact) mass is 293 g/mol. The number of hydrogen-bond acceptors (Lipinski definition) is 4. The summed E-state index contributed by atoms with van der Waals surface area (Å²) in [6, 6.07) is 5.99. The van der Waals surface area contributed by atoms with Gasteiger partial charge in [0.1, 0.15) is 5.75 Å². The minimum Gasteiger partial charge on any atom is -0.496 e. The van der Waals surface area contributed by atoms with Crippen molar-refractivity contribution in [1.29, 1.82) is 0 Å². The Hall–Kier alpha value is -1.75. The second-order valence-corrected chi connectivity index (χ2v) is 5.94. The van der Waals surface area contributed by atoms with Crippen LogP contribution in [0, 0.1) is 0 Å². The zero-order valence-electron chi connectivity index (χ0n) is 12.9. The Kier molecular flexibility index (Phi) is 4.73. The molecule has 0 spiro atoms. The van der Waals surface area contributed by atoms with Gasteiger partial charge < -0.3 is 19.5 Å². The predicted octanol–water partition coefficient (Wildman–Crippen LogP) is 2.28. The highest BCUT2D eigenvalue weighted by molar-refractivity contribution is 5.70. The van der Waals surface area contributed by atoms with Crippen molar-refractivity contribution in [2.24, 2.45) is 0 Å². The van der Waals surface area contributed by atoms with Gasteiger partial charge >= 0.3 is 5.97 Å². The summed E-state index contributed by atoms with van der Waals surface area (Å²) in [5.41, 5.74) is 1.53. The van der Waals surface area contributed by atoms with E-state index in [-0.39, 0.29) is 6.42 Å². The van der Waals surface area contributed by atoms with Crippen LogP contribution in [0.3, 0.4) is 0 Å². The highest BCUT2D eigenvalue weighted by atomic mass is 16.5. The lowest BCUT2D eigenvalue weighted by Crippen LogP contribution is -2.36. The van der Waals surface area contributed by atoms with E-state index >= 15 is 0 Å². The summed E-state index contributed by atoms with van der Waals surface area (Å²) in [7, 11) is 1.62. The van der Waals surface area contributed by atoms with Gasteiger partial charge in [-0.3, -0.25) is 4.79 Å². The summed E-state index contributed by atoms with van der Waals surface area (Å²) >= 11 is 0. The number of benzene rings is 1. The lowest BCUT2D eigenvalue weighted by molar-refractivity contribution is -0.138. The van der Waals surface area contributed by atoms with Gasteiger partial charge in [-0.1, -0.05) is 13.8 Å². The van der Waals surface area contributed by atoms with Crippen molar-refractivity contribution in [2.75, 3.05) is 38.3 Å². The van der Waals surface area contributed by atoms with E-state index in [2.05, 4.69) is 4.90 Å². The molecule has 0 saturated carbocycles. The van der Waals surface area contributed by atoms with Crippen LogP contribution in [0.5, 0.6) is 5.75 Å². The molecule has 1 aromatic carbocycles. The zero-order valence-corrected chi connectivity index (χ0v) is 12.9. The van der Waals surface area contributed by atoms with Crippen molar-refractivity contribution in [3.05, 3.63) is 23.8 Å². The largest absolute Gasteiger partial charge is 0.496 e. The van der Waals surface area contributed by atoms with Crippen LogP contribution in [-0.4, -0.2) is 44.5 Å². The molecule has 0 aliphatic carbocycles. The molecule has 5 heteroatoms. The van der Waals surface area contributed by atoms with E-state index in [4.69, 9.17) is 14.6 Å². The molecule has 1 aliphatic rings. The fourth-order valence-corrected chi connectivity index (χ4v) is 2.72. The molecule has 1 aliphatic heterocycles. The summed E-state index contributed by atoms with van der Waals surface area (Å²) in [5, 5.41) is 9.12. The lowest BCUT2D eigenvalue weighted by Gasteiger charge is -2.31. The van der Waals surface area contributed by atoms with Gasteiger partial charge in [0.2, 0.25) is 0 Å². The Labute approximate surface area is 125 Å². The number of methoxy groups -OCH3 is 1. The lowest BCUT2D eigenvalue weighted by atomic mass is 9.80. The number of rotatable bonds is 5. The standard InChI is InChI=1S/C16H23NO4/c1-16(2,11-15(18)19)13-10-12(4-5-14(13)20-3)17-6-8-21-9-7-17/h4-5,10H,6-9,11H2,1-3H3,(H,18,19). The van der Waals surface area contributed by atoms with Crippen LogP contribution < -0.4 is 9.64 Å². The molecule has 0 aromatic heterocycles. The van der Waals surface area contributed by atoms with E-state index in [1.54, 1.807) is 7.11 Å². The number of anilines is 1. The van der Waals surface area contributed by atoms with Crippen LogP contribution in [0.2, 0.25) is 0 Å². The summed E-state index contributed by atoms with van der Waals surface area (Å²) in [6.45, 7) is 7.01. The Morgan fingerprint density at radius 3 is 2.62 bits per heavy atom. The number of carbonyl (C=O) groups is 1. The zero-order chi connectivity index (χ0) is 15.5. The molecule has 1 heterocycles. The highest BCUT2D eigenvalue weighted by Gasteiger charge is 2.28. The van der Waals surface area contributed by atoms with Crippen molar-refractivity contribution < 1.29 is 19.4 Å². The number of morpholine rings is 1. The second-order valence-electron chi connectivity index (χ2n) is 5.94. The molecule has 1 aromatic rings. The average Bonchev–Trinajstić information content (AvgIpc) is 2.46. The maximum atomic E-state index is 11.1. The summed E-state index contributed by atoms with van der Waals surface area (Å²) in [5.74, 6) is -0.0721. The van der Waals surface area contributed by atoms with Crippen LogP contribution in [0.15, 0.2) is 18.2 Å². The Bertz CT molecular complexity index is 507. The minimum absolute atomic E-state index is 0.0654. The molecule has 0 atom stereocenters. The smallest absolute Gasteiger partial charge is 0.304 e. The second kappa shape index (κ2) is 6.35.